The summed E-state index contributed by atoms with van der Waals surface area (Å²) >= 11 is 0.818. The van der Waals surface area contributed by atoms with Gasteiger partial charge in [-0.05, 0) is 48.0 Å². The Morgan fingerprint density at radius 2 is 1.89 bits per heavy atom. The van der Waals surface area contributed by atoms with Crippen molar-refractivity contribution in [3.63, 3.8) is 0 Å². The number of hydrogen-bond acceptors (Lipinski definition) is 6. The van der Waals surface area contributed by atoms with Crippen molar-refractivity contribution in [2.75, 3.05) is 12.1 Å². The molecule has 0 amide bonds. The number of nitrogens with zero attached hydrogens (tertiary/aromatic N) is 3. The molecule has 5 nitrogen and oxygen atoms in total. The van der Waals surface area contributed by atoms with E-state index in [2.05, 4.69) is 10.1 Å². The molecule has 0 radical (unpaired) electrons. The third kappa shape index (κ3) is 2.98. The monoisotopic (exact) mass is 411 g/mol. The number of hydrazone groups is 1. The Labute approximate surface area is 160 Å². The molecule has 0 saturated carbocycles. The SMILES string of the molecule is COc1ccc(C2=NN(c3nc4ccc(F)cc4s3)C(O)(C(F)(F)F)C2)cc1. The molecule has 0 aliphatic carbocycles. The van der Waals surface area contributed by atoms with E-state index in [9.17, 15) is 22.7 Å². The lowest BCUT2D eigenvalue weighted by Gasteiger charge is -2.32. The number of thiazole rings is 1. The molecule has 28 heavy (non-hydrogen) atoms. The van der Waals surface area contributed by atoms with Gasteiger partial charge in [-0.1, -0.05) is 11.3 Å². The number of aliphatic hydroxyl groups is 1. The van der Waals surface area contributed by atoms with Gasteiger partial charge in [0.25, 0.3) is 5.72 Å². The molecule has 4 rings (SSSR count). The maximum absolute atomic E-state index is 13.7. The molecule has 0 fully saturated rings. The zero-order chi connectivity index (χ0) is 20.1. The van der Waals surface area contributed by atoms with Crippen molar-refractivity contribution in [1.29, 1.82) is 0 Å². The van der Waals surface area contributed by atoms with Crippen molar-refractivity contribution in [1.82, 2.24) is 4.98 Å². The summed E-state index contributed by atoms with van der Waals surface area (Å²) in [4.78, 5) is 4.09. The van der Waals surface area contributed by atoms with Crippen LogP contribution in [0.15, 0.2) is 47.6 Å². The number of benzene rings is 2. The summed E-state index contributed by atoms with van der Waals surface area (Å²) in [6, 6.07) is 10.0. The third-order valence-corrected chi connectivity index (χ3v) is 5.38. The molecule has 10 heteroatoms. The van der Waals surface area contributed by atoms with Gasteiger partial charge in [-0.15, -0.1) is 0 Å². The summed E-state index contributed by atoms with van der Waals surface area (Å²) in [5, 5.41) is 14.8. The van der Waals surface area contributed by atoms with Gasteiger partial charge in [0.05, 0.1) is 29.5 Å². The van der Waals surface area contributed by atoms with E-state index < -0.39 is 24.1 Å². The van der Waals surface area contributed by atoms with Crippen molar-refractivity contribution < 1.29 is 27.4 Å². The predicted molar refractivity (Wildman–Crippen MR) is 97.2 cm³/mol. The maximum atomic E-state index is 13.7. The van der Waals surface area contributed by atoms with E-state index in [1.807, 2.05) is 0 Å². The van der Waals surface area contributed by atoms with Crippen LogP contribution in [0.1, 0.15) is 12.0 Å². The highest BCUT2D eigenvalue weighted by Gasteiger charge is 2.62. The number of ether oxygens (including phenoxy) is 1. The number of methoxy groups -OCH3 is 1. The van der Waals surface area contributed by atoms with Crippen LogP contribution in [0.25, 0.3) is 10.2 Å². The summed E-state index contributed by atoms with van der Waals surface area (Å²) in [5.41, 5.74) is -2.47. The van der Waals surface area contributed by atoms with E-state index in [1.165, 1.54) is 19.2 Å². The normalized spacial score (nSPS) is 19.9. The molecule has 1 aliphatic heterocycles. The van der Waals surface area contributed by atoms with E-state index in [0.29, 0.717) is 26.5 Å². The van der Waals surface area contributed by atoms with Crippen LogP contribution in [-0.4, -0.2) is 34.8 Å². The van der Waals surface area contributed by atoms with Crippen LogP contribution in [0, 0.1) is 5.82 Å². The standard InChI is InChI=1S/C18H13F4N3O2S/c1-27-12-5-2-10(3-6-12)14-9-17(26,18(20,21)22)25(24-14)16-23-13-7-4-11(19)8-15(13)28-16/h2-8,26H,9H2,1H3. The highest BCUT2D eigenvalue weighted by molar-refractivity contribution is 7.22. The molecular formula is C18H13F4N3O2S. The molecular weight excluding hydrogens is 398 g/mol. The molecule has 0 saturated heterocycles. The van der Waals surface area contributed by atoms with Gasteiger partial charge < -0.3 is 9.84 Å². The van der Waals surface area contributed by atoms with Crippen molar-refractivity contribution in [3.8, 4) is 5.75 Å². The lowest BCUT2D eigenvalue weighted by Crippen LogP contribution is -2.55. The van der Waals surface area contributed by atoms with Gasteiger partial charge in [-0.3, -0.25) is 0 Å². The number of fused-ring (bicyclic) bond motifs is 1. The van der Waals surface area contributed by atoms with Crippen LogP contribution >= 0.6 is 11.3 Å². The van der Waals surface area contributed by atoms with Crippen LogP contribution in [0.2, 0.25) is 0 Å². The highest BCUT2D eigenvalue weighted by Crippen LogP contribution is 2.45. The molecule has 1 aromatic heterocycles. The Hall–Kier alpha value is -2.72. The van der Waals surface area contributed by atoms with Crippen molar-refractivity contribution in [3.05, 3.63) is 53.8 Å². The zero-order valence-corrected chi connectivity index (χ0v) is 15.2. The second-order valence-electron chi connectivity index (χ2n) is 6.19. The van der Waals surface area contributed by atoms with E-state index in [-0.39, 0.29) is 10.8 Å². The van der Waals surface area contributed by atoms with Crippen molar-refractivity contribution >= 4 is 32.4 Å². The molecule has 3 aromatic rings. The minimum Gasteiger partial charge on any atom is -0.497 e. The Balaban J connectivity index is 1.80. The highest BCUT2D eigenvalue weighted by atomic mass is 32.1. The smallest absolute Gasteiger partial charge is 0.438 e. The van der Waals surface area contributed by atoms with Gasteiger partial charge in [0.1, 0.15) is 11.6 Å². The number of aromatic nitrogens is 1. The molecule has 1 aliphatic rings. The molecule has 146 valence electrons. The second kappa shape index (κ2) is 6.42. The molecule has 0 bridgehead atoms. The number of halogens is 4. The Kier molecular flexibility index (Phi) is 4.27. The van der Waals surface area contributed by atoms with Crippen LogP contribution in [0.3, 0.4) is 0 Å². The first-order chi connectivity index (χ1) is 13.2. The minimum absolute atomic E-state index is 0.0490. The average molecular weight is 411 g/mol. The predicted octanol–water partition coefficient (Wildman–Crippen LogP) is 4.31. The molecule has 2 aromatic carbocycles. The van der Waals surface area contributed by atoms with E-state index in [0.717, 1.165) is 17.4 Å². The topological polar surface area (TPSA) is 58.0 Å². The summed E-state index contributed by atoms with van der Waals surface area (Å²) in [6.07, 6.45) is -5.76. The number of alkyl halides is 3. The Bertz CT molecular complexity index is 1060. The fraction of sp³-hybridized carbons (Fsp3) is 0.222. The first-order valence-corrected chi connectivity index (χ1v) is 8.90. The molecule has 1 N–H and O–H groups in total. The maximum Gasteiger partial charge on any atom is 0.438 e. The molecule has 1 unspecified atom stereocenters. The van der Waals surface area contributed by atoms with E-state index in [1.54, 1.807) is 24.3 Å². The number of hydrogen-bond donors (Lipinski definition) is 1. The van der Waals surface area contributed by atoms with Gasteiger partial charge in [0, 0.05) is 0 Å². The van der Waals surface area contributed by atoms with Crippen LogP contribution < -0.4 is 9.75 Å². The van der Waals surface area contributed by atoms with Crippen molar-refractivity contribution in [2.24, 2.45) is 5.10 Å². The van der Waals surface area contributed by atoms with Crippen LogP contribution in [-0.2, 0) is 0 Å². The van der Waals surface area contributed by atoms with Gasteiger partial charge in [0.15, 0.2) is 0 Å². The zero-order valence-electron chi connectivity index (χ0n) is 14.4. The Morgan fingerprint density at radius 3 is 2.54 bits per heavy atom. The van der Waals surface area contributed by atoms with Gasteiger partial charge >= 0.3 is 6.18 Å². The third-order valence-electron chi connectivity index (χ3n) is 4.38. The fourth-order valence-electron chi connectivity index (χ4n) is 2.89. The fourth-order valence-corrected chi connectivity index (χ4v) is 3.90. The van der Waals surface area contributed by atoms with Gasteiger partial charge in [0.2, 0.25) is 5.13 Å². The van der Waals surface area contributed by atoms with Crippen molar-refractivity contribution in [2.45, 2.75) is 18.3 Å². The van der Waals surface area contributed by atoms with Crippen LogP contribution in [0.4, 0.5) is 22.7 Å². The summed E-state index contributed by atoms with van der Waals surface area (Å²) in [5.74, 6) is 0.0103. The first kappa shape index (κ1) is 18.6. The lowest BCUT2D eigenvalue weighted by atomic mass is 10.0. The second-order valence-corrected chi connectivity index (χ2v) is 7.20. The minimum atomic E-state index is -4.99. The molecule has 2 heterocycles. The van der Waals surface area contributed by atoms with Crippen LogP contribution in [0.5, 0.6) is 5.75 Å². The number of anilines is 1. The summed E-state index contributed by atoms with van der Waals surface area (Å²) in [6.45, 7) is 0. The van der Waals surface area contributed by atoms with E-state index in [4.69, 9.17) is 4.74 Å². The number of rotatable bonds is 3. The quantitative estimate of drug-likeness (QED) is 0.653. The van der Waals surface area contributed by atoms with Gasteiger partial charge in [-0.2, -0.15) is 23.3 Å². The summed E-state index contributed by atoms with van der Waals surface area (Å²) < 4.78 is 60.0. The summed E-state index contributed by atoms with van der Waals surface area (Å²) in [7, 11) is 1.47. The van der Waals surface area contributed by atoms with E-state index >= 15 is 0 Å². The largest absolute Gasteiger partial charge is 0.497 e. The first-order valence-electron chi connectivity index (χ1n) is 8.08. The Morgan fingerprint density at radius 1 is 1.18 bits per heavy atom. The average Bonchev–Trinajstić information content (AvgIpc) is 3.22. The molecule has 1 atom stereocenters. The lowest BCUT2D eigenvalue weighted by molar-refractivity contribution is -0.254. The van der Waals surface area contributed by atoms with Gasteiger partial charge in [-0.25, -0.2) is 9.37 Å². The molecule has 0 spiro atoms.